The zero-order chi connectivity index (χ0) is 10.5. The average molecular weight is 205 g/mol. The second-order valence-electron chi connectivity index (χ2n) is 4.54. The molecular weight excluding hydrogens is 194 g/mol. The SMILES string of the molecule is CC1(C)CC1c1nc(-c2ncn[nH]2)no1. The minimum Gasteiger partial charge on any atom is -0.339 e. The molecule has 1 aliphatic carbocycles. The van der Waals surface area contributed by atoms with Gasteiger partial charge in [0, 0.05) is 5.92 Å². The van der Waals surface area contributed by atoms with Gasteiger partial charge in [-0.15, -0.1) is 0 Å². The predicted molar refractivity (Wildman–Crippen MR) is 50.8 cm³/mol. The van der Waals surface area contributed by atoms with Gasteiger partial charge in [0.05, 0.1) is 0 Å². The fraction of sp³-hybridized carbons (Fsp3) is 0.556. The summed E-state index contributed by atoms with van der Waals surface area (Å²) in [5.74, 6) is 2.11. The molecule has 1 saturated carbocycles. The van der Waals surface area contributed by atoms with Crippen molar-refractivity contribution in [3.8, 4) is 11.6 Å². The Morgan fingerprint density at radius 1 is 1.53 bits per heavy atom. The van der Waals surface area contributed by atoms with Gasteiger partial charge in [-0.25, -0.2) is 4.98 Å². The van der Waals surface area contributed by atoms with E-state index in [4.69, 9.17) is 4.52 Å². The smallest absolute Gasteiger partial charge is 0.239 e. The summed E-state index contributed by atoms with van der Waals surface area (Å²) in [6, 6.07) is 0. The number of aromatic nitrogens is 5. The van der Waals surface area contributed by atoms with Crippen LogP contribution in [0.3, 0.4) is 0 Å². The monoisotopic (exact) mass is 205 g/mol. The van der Waals surface area contributed by atoms with E-state index in [0.717, 1.165) is 6.42 Å². The fourth-order valence-electron chi connectivity index (χ4n) is 1.67. The van der Waals surface area contributed by atoms with Crippen molar-refractivity contribution in [1.82, 2.24) is 25.3 Å². The van der Waals surface area contributed by atoms with Crippen molar-refractivity contribution in [1.29, 1.82) is 0 Å². The van der Waals surface area contributed by atoms with Gasteiger partial charge in [-0.1, -0.05) is 19.0 Å². The minimum absolute atomic E-state index is 0.297. The summed E-state index contributed by atoms with van der Waals surface area (Å²) in [5, 5.41) is 10.3. The van der Waals surface area contributed by atoms with Crippen molar-refractivity contribution < 1.29 is 4.52 Å². The summed E-state index contributed by atoms with van der Waals surface area (Å²) in [4.78, 5) is 8.26. The second kappa shape index (κ2) is 2.65. The lowest BCUT2D eigenvalue weighted by Gasteiger charge is -1.95. The molecule has 0 amide bonds. The van der Waals surface area contributed by atoms with Crippen molar-refractivity contribution in [2.45, 2.75) is 26.2 Å². The number of hydrogen-bond acceptors (Lipinski definition) is 5. The standard InChI is InChI=1S/C9H11N5O/c1-9(2)3-5(9)8-12-7(14-15-8)6-10-4-11-13-6/h4-5H,3H2,1-2H3,(H,10,11,13). The van der Waals surface area contributed by atoms with Gasteiger partial charge in [0.1, 0.15) is 6.33 Å². The number of nitrogens with zero attached hydrogens (tertiary/aromatic N) is 4. The van der Waals surface area contributed by atoms with Gasteiger partial charge in [-0.3, -0.25) is 5.10 Å². The van der Waals surface area contributed by atoms with E-state index in [-0.39, 0.29) is 0 Å². The lowest BCUT2D eigenvalue weighted by molar-refractivity contribution is 0.368. The van der Waals surface area contributed by atoms with Crippen LogP contribution in [-0.2, 0) is 0 Å². The molecule has 0 saturated heterocycles. The maximum absolute atomic E-state index is 5.20. The van der Waals surface area contributed by atoms with Crippen LogP contribution in [0.2, 0.25) is 0 Å². The van der Waals surface area contributed by atoms with Crippen LogP contribution in [0.25, 0.3) is 11.6 Å². The summed E-state index contributed by atoms with van der Waals surface area (Å²) in [6.07, 6.45) is 2.53. The zero-order valence-electron chi connectivity index (χ0n) is 8.56. The van der Waals surface area contributed by atoms with Crippen molar-refractivity contribution >= 4 is 0 Å². The molecule has 1 N–H and O–H groups in total. The van der Waals surface area contributed by atoms with Gasteiger partial charge in [-0.05, 0) is 11.8 Å². The molecule has 0 radical (unpaired) electrons. The Morgan fingerprint density at radius 2 is 2.33 bits per heavy atom. The summed E-state index contributed by atoms with van der Waals surface area (Å²) in [5.41, 5.74) is 0.297. The molecule has 0 aliphatic heterocycles. The molecule has 2 aromatic rings. The van der Waals surface area contributed by atoms with Gasteiger partial charge in [0.25, 0.3) is 0 Å². The number of H-pyrrole nitrogens is 1. The Balaban J connectivity index is 1.89. The third kappa shape index (κ3) is 1.33. The molecule has 0 spiro atoms. The molecule has 6 heteroatoms. The minimum atomic E-state index is 0.297. The highest BCUT2D eigenvalue weighted by Gasteiger charge is 2.50. The lowest BCUT2D eigenvalue weighted by Crippen LogP contribution is -1.90. The van der Waals surface area contributed by atoms with E-state index in [1.54, 1.807) is 0 Å². The van der Waals surface area contributed by atoms with E-state index in [1.807, 2.05) is 0 Å². The largest absolute Gasteiger partial charge is 0.339 e. The maximum atomic E-state index is 5.20. The predicted octanol–water partition coefficient (Wildman–Crippen LogP) is 1.37. The summed E-state index contributed by atoms with van der Waals surface area (Å²) in [7, 11) is 0. The van der Waals surface area contributed by atoms with Crippen LogP contribution in [0, 0.1) is 5.41 Å². The molecule has 3 rings (SSSR count). The first kappa shape index (κ1) is 8.58. The van der Waals surface area contributed by atoms with E-state index in [1.165, 1.54) is 6.33 Å². The van der Waals surface area contributed by atoms with E-state index in [9.17, 15) is 0 Å². The molecule has 1 unspecified atom stereocenters. The number of rotatable bonds is 2. The molecule has 1 fully saturated rings. The third-order valence-electron chi connectivity index (χ3n) is 2.88. The molecule has 15 heavy (non-hydrogen) atoms. The van der Waals surface area contributed by atoms with Crippen LogP contribution in [0.1, 0.15) is 32.1 Å². The van der Waals surface area contributed by atoms with Gasteiger partial charge in [-0.2, -0.15) is 10.1 Å². The Bertz CT molecular complexity index is 472. The lowest BCUT2D eigenvalue weighted by atomic mass is 10.1. The van der Waals surface area contributed by atoms with Gasteiger partial charge < -0.3 is 4.52 Å². The van der Waals surface area contributed by atoms with Crippen LogP contribution in [0.5, 0.6) is 0 Å². The van der Waals surface area contributed by atoms with Crippen molar-refractivity contribution in [3.63, 3.8) is 0 Å². The van der Waals surface area contributed by atoms with Gasteiger partial charge >= 0.3 is 0 Å². The maximum Gasteiger partial charge on any atom is 0.239 e. The Hall–Kier alpha value is -1.72. The highest BCUT2D eigenvalue weighted by Crippen LogP contribution is 2.58. The Labute approximate surface area is 86.1 Å². The van der Waals surface area contributed by atoms with Crippen molar-refractivity contribution in [3.05, 3.63) is 12.2 Å². The molecule has 1 aliphatic rings. The fourth-order valence-corrected chi connectivity index (χ4v) is 1.67. The molecule has 0 aromatic carbocycles. The topological polar surface area (TPSA) is 80.5 Å². The first-order chi connectivity index (χ1) is 7.17. The summed E-state index contributed by atoms with van der Waals surface area (Å²) >= 11 is 0. The Kier molecular flexibility index (Phi) is 1.52. The number of aromatic amines is 1. The van der Waals surface area contributed by atoms with Crippen LogP contribution >= 0.6 is 0 Å². The summed E-state index contributed by atoms with van der Waals surface area (Å²) in [6.45, 7) is 4.38. The van der Waals surface area contributed by atoms with E-state index in [2.05, 4.69) is 39.2 Å². The molecule has 2 heterocycles. The van der Waals surface area contributed by atoms with E-state index < -0.39 is 0 Å². The van der Waals surface area contributed by atoms with Gasteiger partial charge in [0.15, 0.2) is 5.82 Å². The number of nitrogens with one attached hydrogen (secondary N) is 1. The van der Waals surface area contributed by atoms with Crippen LogP contribution in [0.15, 0.2) is 10.9 Å². The van der Waals surface area contributed by atoms with Crippen LogP contribution in [0.4, 0.5) is 0 Å². The van der Waals surface area contributed by atoms with Crippen LogP contribution < -0.4 is 0 Å². The van der Waals surface area contributed by atoms with Gasteiger partial charge in [0.2, 0.25) is 11.7 Å². The normalized spacial score (nSPS) is 22.9. The van der Waals surface area contributed by atoms with Crippen molar-refractivity contribution in [2.75, 3.05) is 0 Å². The van der Waals surface area contributed by atoms with E-state index in [0.29, 0.717) is 28.9 Å². The zero-order valence-corrected chi connectivity index (χ0v) is 8.56. The average Bonchev–Trinajstić information content (AvgIpc) is 2.73. The van der Waals surface area contributed by atoms with Crippen molar-refractivity contribution in [2.24, 2.45) is 5.41 Å². The molecule has 1 atom stereocenters. The highest BCUT2D eigenvalue weighted by molar-refractivity contribution is 5.40. The molecular formula is C9H11N5O. The first-order valence-corrected chi connectivity index (χ1v) is 4.86. The Morgan fingerprint density at radius 3 is 2.93 bits per heavy atom. The first-order valence-electron chi connectivity index (χ1n) is 4.86. The molecule has 6 nitrogen and oxygen atoms in total. The highest BCUT2D eigenvalue weighted by atomic mass is 16.5. The second-order valence-corrected chi connectivity index (χ2v) is 4.54. The van der Waals surface area contributed by atoms with Crippen LogP contribution in [-0.4, -0.2) is 25.3 Å². The molecule has 78 valence electrons. The third-order valence-corrected chi connectivity index (χ3v) is 2.88. The molecule has 0 bridgehead atoms. The molecule has 2 aromatic heterocycles. The number of hydrogen-bond donors (Lipinski definition) is 1. The quantitative estimate of drug-likeness (QED) is 0.800. The summed E-state index contributed by atoms with van der Waals surface area (Å²) < 4.78 is 5.20. The van der Waals surface area contributed by atoms with E-state index >= 15 is 0 Å².